The van der Waals surface area contributed by atoms with Crippen LogP contribution < -0.4 is 0 Å². The summed E-state index contributed by atoms with van der Waals surface area (Å²) in [5, 5.41) is 0. The molecule has 1 unspecified atom stereocenters. The van der Waals surface area contributed by atoms with Crippen LogP contribution in [0.15, 0.2) is 29.2 Å². The average Bonchev–Trinajstić information content (AvgIpc) is 2.05. The normalized spacial score (nSPS) is 12.9. The quantitative estimate of drug-likeness (QED) is 0.600. The second-order valence-corrected chi connectivity index (χ2v) is 4.37. The third kappa shape index (κ3) is 2.56. The fourth-order valence-electron chi connectivity index (χ4n) is 0.770. The number of halogens is 1. The monoisotopic (exact) mass is 280 g/mol. The van der Waals surface area contributed by atoms with E-state index < -0.39 is 10.8 Å². The molecule has 0 fully saturated rings. The van der Waals surface area contributed by atoms with E-state index >= 15 is 0 Å². The van der Waals surface area contributed by atoms with Gasteiger partial charge in [-0.1, -0.05) is 34.7 Å². The first-order valence-corrected chi connectivity index (χ1v) is 6.30. The highest BCUT2D eigenvalue weighted by molar-refractivity contribution is 14.1. The van der Waals surface area contributed by atoms with Gasteiger partial charge in [0.1, 0.15) is 0 Å². The highest BCUT2D eigenvalue weighted by Gasteiger charge is 1.95. The van der Waals surface area contributed by atoms with Crippen LogP contribution in [0, 0.1) is 0 Å². The molecule has 0 aliphatic heterocycles. The molecule has 0 aliphatic rings. The maximum atomic E-state index is 11.0. The Balaban J connectivity index is 2.91. The van der Waals surface area contributed by atoms with Gasteiger partial charge in [-0.15, -0.1) is 0 Å². The van der Waals surface area contributed by atoms with Crippen molar-refractivity contribution in [2.24, 2.45) is 0 Å². The molecule has 11 heavy (non-hydrogen) atoms. The van der Waals surface area contributed by atoms with E-state index in [9.17, 15) is 4.21 Å². The van der Waals surface area contributed by atoms with Crippen molar-refractivity contribution >= 4 is 33.4 Å². The molecule has 0 spiro atoms. The minimum absolute atomic E-state index is 0.842. The highest BCUT2D eigenvalue weighted by atomic mass is 127. The first-order valence-electron chi connectivity index (χ1n) is 3.22. The molecule has 0 saturated heterocycles. The summed E-state index contributed by atoms with van der Waals surface area (Å²) >= 11 is 2.31. The molecule has 0 amide bonds. The van der Waals surface area contributed by atoms with E-state index in [2.05, 4.69) is 22.6 Å². The fraction of sp³-hybridized carbons (Fsp3) is 0.250. The van der Waals surface area contributed by atoms with Gasteiger partial charge in [0, 0.05) is 26.4 Å². The average molecular weight is 280 g/mol. The molecule has 1 aromatic rings. The summed E-state index contributed by atoms with van der Waals surface area (Å²) in [7, 11) is -0.842. The Morgan fingerprint density at radius 2 is 1.91 bits per heavy atom. The van der Waals surface area contributed by atoms with Gasteiger partial charge >= 0.3 is 0 Å². The first kappa shape index (κ1) is 9.19. The van der Waals surface area contributed by atoms with Crippen LogP contribution in [0.3, 0.4) is 0 Å². The number of alkyl halides is 1. The lowest BCUT2D eigenvalue weighted by Gasteiger charge is -1.97. The molecule has 0 saturated carbocycles. The summed E-state index contributed by atoms with van der Waals surface area (Å²) in [4.78, 5) is 0.901. The van der Waals surface area contributed by atoms with Crippen molar-refractivity contribution in [1.29, 1.82) is 0 Å². The molecule has 0 heterocycles. The maximum Gasteiger partial charge on any atom is 0.0498 e. The summed E-state index contributed by atoms with van der Waals surface area (Å²) in [5.74, 6) is 0. The predicted molar refractivity (Wildman–Crippen MR) is 56.5 cm³/mol. The van der Waals surface area contributed by atoms with Crippen molar-refractivity contribution in [2.75, 3.05) is 6.26 Å². The lowest BCUT2D eigenvalue weighted by molar-refractivity contribution is 0.687. The number of benzene rings is 1. The molecular formula is C8H9IOS. The van der Waals surface area contributed by atoms with E-state index in [0.29, 0.717) is 0 Å². The van der Waals surface area contributed by atoms with Crippen molar-refractivity contribution < 1.29 is 4.21 Å². The van der Waals surface area contributed by atoms with E-state index in [1.54, 1.807) is 6.26 Å². The Kier molecular flexibility index (Phi) is 3.51. The first-order chi connectivity index (χ1) is 5.24. The third-order valence-corrected chi connectivity index (χ3v) is 3.23. The number of rotatable bonds is 2. The lowest BCUT2D eigenvalue weighted by Crippen LogP contribution is -1.86. The van der Waals surface area contributed by atoms with Crippen molar-refractivity contribution in [3.8, 4) is 0 Å². The van der Waals surface area contributed by atoms with Crippen molar-refractivity contribution in [3.63, 3.8) is 0 Å². The summed E-state index contributed by atoms with van der Waals surface area (Å²) < 4.78 is 12.0. The predicted octanol–water partition coefficient (Wildman–Crippen LogP) is 2.36. The minimum atomic E-state index is -0.842. The van der Waals surface area contributed by atoms with Crippen LogP contribution in [0.25, 0.3) is 0 Å². The highest BCUT2D eigenvalue weighted by Crippen LogP contribution is 2.09. The van der Waals surface area contributed by atoms with Crippen molar-refractivity contribution in [1.82, 2.24) is 0 Å². The largest absolute Gasteiger partial charge is 0.255 e. The topological polar surface area (TPSA) is 17.1 Å². The van der Waals surface area contributed by atoms with Gasteiger partial charge in [-0.2, -0.15) is 0 Å². The Morgan fingerprint density at radius 3 is 2.27 bits per heavy atom. The molecule has 1 aromatic carbocycles. The lowest BCUT2D eigenvalue weighted by atomic mass is 10.2. The van der Waals surface area contributed by atoms with Gasteiger partial charge in [-0.05, 0) is 17.7 Å². The van der Waals surface area contributed by atoms with Gasteiger partial charge in [-0.3, -0.25) is 4.21 Å². The molecule has 1 nitrogen and oxygen atoms in total. The Morgan fingerprint density at radius 1 is 1.36 bits per heavy atom. The molecule has 3 heteroatoms. The van der Waals surface area contributed by atoms with E-state index in [-0.39, 0.29) is 0 Å². The number of hydrogen-bond acceptors (Lipinski definition) is 1. The van der Waals surface area contributed by atoms with Crippen LogP contribution in [-0.4, -0.2) is 10.5 Å². The van der Waals surface area contributed by atoms with Crippen LogP contribution in [-0.2, 0) is 15.2 Å². The van der Waals surface area contributed by atoms with Crippen LogP contribution in [0.5, 0.6) is 0 Å². The van der Waals surface area contributed by atoms with Crippen LogP contribution >= 0.6 is 22.6 Å². The SMILES string of the molecule is CS(=O)c1ccc(CI)cc1. The second kappa shape index (κ2) is 4.21. The van der Waals surface area contributed by atoms with E-state index in [1.165, 1.54) is 5.56 Å². The van der Waals surface area contributed by atoms with Crippen LogP contribution in [0.4, 0.5) is 0 Å². The molecule has 1 rings (SSSR count). The zero-order valence-electron chi connectivity index (χ0n) is 6.21. The molecule has 0 aromatic heterocycles. The molecule has 0 radical (unpaired) electrons. The summed E-state index contributed by atoms with van der Waals surface area (Å²) in [6.07, 6.45) is 1.69. The van der Waals surface area contributed by atoms with E-state index in [1.807, 2.05) is 24.3 Å². The van der Waals surface area contributed by atoms with Crippen LogP contribution in [0.2, 0.25) is 0 Å². The molecule has 0 bridgehead atoms. The van der Waals surface area contributed by atoms with Crippen molar-refractivity contribution in [2.45, 2.75) is 9.32 Å². The van der Waals surface area contributed by atoms with Gasteiger partial charge in [0.15, 0.2) is 0 Å². The van der Waals surface area contributed by atoms with Crippen molar-refractivity contribution in [3.05, 3.63) is 29.8 Å². The third-order valence-electron chi connectivity index (χ3n) is 1.41. The Hall–Kier alpha value is 0.1000. The summed E-state index contributed by atoms with van der Waals surface area (Å²) in [5.41, 5.74) is 1.28. The summed E-state index contributed by atoms with van der Waals surface area (Å²) in [6.45, 7) is 0. The van der Waals surface area contributed by atoms with Crippen LogP contribution in [0.1, 0.15) is 5.56 Å². The van der Waals surface area contributed by atoms with Gasteiger partial charge in [0.25, 0.3) is 0 Å². The zero-order chi connectivity index (χ0) is 8.27. The Labute approximate surface area is 82.8 Å². The molecular weight excluding hydrogens is 271 g/mol. The minimum Gasteiger partial charge on any atom is -0.255 e. The van der Waals surface area contributed by atoms with Gasteiger partial charge in [-0.25, -0.2) is 0 Å². The van der Waals surface area contributed by atoms with Gasteiger partial charge in [0.2, 0.25) is 0 Å². The van der Waals surface area contributed by atoms with E-state index in [0.717, 1.165) is 9.32 Å². The molecule has 0 N–H and O–H groups in total. The van der Waals surface area contributed by atoms with Gasteiger partial charge in [0.05, 0.1) is 0 Å². The van der Waals surface area contributed by atoms with E-state index in [4.69, 9.17) is 0 Å². The molecule has 60 valence electrons. The maximum absolute atomic E-state index is 11.0. The van der Waals surface area contributed by atoms with Gasteiger partial charge < -0.3 is 0 Å². The smallest absolute Gasteiger partial charge is 0.0498 e. The Bertz CT molecular complexity index is 255. The summed E-state index contributed by atoms with van der Waals surface area (Å²) in [6, 6.07) is 7.88. The number of hydrogen-bond donors (Lipinski definition) is 0. The molecule has 1 atom stereocenters. The molecule has 0 aliphatic carbocycles. The zero-order valence-corrected chi connectivity index (χ0v) is 9.18. The standard InChI is InChI=1S/C8H9IOS/c1-11(10)8-4-2-7(6-9)3-5-8/h2-5H,6H2,1H3. The second-order valence-electron chi connectivity index (χ2n) is 2.23. The fourth-order valence-corrected chi connectivity index (χ4v) is 1.80.